The van der Waals surface area contributed by atoms with E-state index in [1.807, 2.05) is 0 Å². The van der Waals surface area contributed by atoms with Crippen molar-refractivity contribution in [3.8, 4) is 0 Å². The van der Waals surface area contributed by atoms with E-state index < -0.39 is 15.9 Å². The Morgan fingerprint density at radius 1 is 1.29 bits per heavy atom. The van der Waals surface area contributed by atoms with Gasteiger partial charge in [-0.3, -0.25) is 0 Å². The maximum Gasteiger partial charge on any atom is 0.175 e. The van der Waals surface area contributed by atoms with Crippen molar-refractivity contribution in [2.75, 3.05) is 19.3 Å². The van der Waals surface area contributed by atoms with Crippen molar-refractivity contribution >= 4 is 9.84 Å². The molecule has 1 aliphatic rings. The summed E-state index contributed by atoms with van der Waals surface area (Å²) in [5.74, 6) is 0.648. The molecular formula is C16H23NO3S. The fraction of sp³-hybridized carbons (Fsp3) is 0.500. The van der Waals surface area contributed by atoms with Crippen LogP contribution in [0.25, 0.3) is 0 Å². The zero-order chi connectivity index (χ0) is 15.3. The molecule has 1 aliphatic carbocycles. The van der Waals surface area contributed by atoms with Crippen molar-refractivity contribution < 1.29 is 13.5 Å². The molecule has 0 heterocycles. The van der Waals surface area contributed by atoms with Crippen molar-refractivity contribution in [1.29, 1.82) is 0 Å². The van der Waals surface area contributed by atoms with Crippen LogP contribution >= 0.6 is 0 Å². The first-order valence-electron chi connectivity index (χ1n) is 7.30. The molecule has 1 aromatic rings. The number of hydrogen-bond acceptors (Lipinski definition) is 4. The monoisotopic (exact) mass is 309 g/mol. The molecule has 0 aliphatic heterocycles. The van der Waals surface area contributed by atoms with Crippen LogP contribution in [-0.4, -0.2) is 32.9 Å². The van der Waals surface area contributed by atoms with E-state index in [-0.39, 0.29) is 4.90 Å². The number of hydrogen-bond donors (Lipinski definition) is 2. The van der Waals surface area contributed by atoms with Gasteiger partial charge in [0.05, 0.1) is 11.0 Å². The summed E-state index contributed by atoms with van der Waals surface area (Å²) in [4.78, 5) is 0.278. The number of allylic oxidation sites excluding steroid dienone is 2. The first-order valence-corrected chi connectivity index (χ1v) is 9.20. The van der Waals surface area contributed by atoms with Gasteiger partial charge in [0.2, 0.25) is 0 Å². The Labute approximate surface area is 126 Å². The number of aliphatic hydroxyl groups excluding tert-OH is 1. The van der Waals surface area contributed by atoms with Crippen molar-refractivity contribution in [2.24, 2.45) is 5.92 Å². The van der Waals surface area contributed by atoms with Gasteiger partial charge < -0.3 is 10.4 Å². The van der Waals surface area contributed by atoms with Crippen molar-refractivity contribution in [2.45, 2.75) is 30.3 Å². The highest BCUT2D eigenvalue weighted by Crippen LogP contribution is 2.18. The number of benzene rings is 1. The first kappa shape index (κ1) is 16.2. The van der Waals surface area contributed by atoms with Crippen LogP contribution in [0.5, 0.6) is 0 Å². The summed E-state index contributed by atoms with van der Waals surface area (Å²) in [6.07, 6.45) is 8.44. The molecule has 21 heavy (non-hydrogen) atoms. The number of sulfone groups is 1. The molecule has 0 bridgehead atoms. The standard InChI is InChI=1S/C16H23NO3S/c1-21(19,20)15-9-7-14(8-10-15)16(18)12-17-11-13-5-3-2-4-6-13/h2-3,7-10,13,16-18H,4-6,11-12H2,1H3. The maximum absolute atomic E-state index is 11.4. The van der Waals surface area contributed by atoms with Gasteiger partial charge in [-0.15, -0.1) is 0 Å². The Bertz CT molecular complexity index is 578. The third-order valence-electron chi connectivity index (χ3n) is 3.84. The zero-order valence-electron chi connectivity index (χ0n) is 12.3. The quantitative estimate of drug-likeness (QED) is 0.790. The van der Waals surface area contributed by atoms with Crippen LogP contribution in [0.4, 0.5) is 0 Å². The highest BCUT2D eigenvalue weighted by molar-refractivity contribution is 7.90. The summed E-state index contributed by atoms with van der Waals surface area (Å²) in [5.41, 5.74) is 0.735. The molecule has 0 radical (unpaired) electrons. The number of rotatable bonds is 6. The van der Waals surface area contributed by atoms with E-state index in [1.54, 1.807) is 24.3 Å². The largest absolute Gasteiger partial charge is 0.387 e. The van der Waals surface area contributed by atoms with Gasteiger partial charge in [0.25, 0.3) is 0 Å². The van der Waals surface area contributed by atoms with E-state index in [0.29, 0.717) is 12.5 Å². The molecule has 0 spiro atoms. The Morgan fingerprint density at radius 3 is 2.57 bits per heavy atom. The van der Waals surface area contributed by atoms with Gasteiger partial charge in [-0.1, -0.05) is 24.3 Å². The van der Waals surface area contributed by atoms with Gasteiger partial charge >= 0.3 is 0 Å². The smallest absolute Gasteiger partial charge is 0.175 e. The summed E-state index contributed by atoms with van der Waals surface area (Å²) in [7, 11) is -3.18. The normalized spacial score (nSPS) is 20.4. The topological polar surface area (TPSA) is 66.4 Å². The Morgan fingerprint density at radius 2 is 2.00 bits per heavy atom. The molecule has 0 amide bonds. The van der Waals surface area contributed by atoms with Crippen LogP contribution in [0.1, 0.15) is 30.9 Å². The summed E-state index contributed by atoms with van der Waals surface area (Å²) in [6, 6.07) is 6.43. The minimum absolute atomic E-state index is 0.278. The summed E-state index contributed by atoms with van der Waals surface area (Å²) >= 11 is 0. The lowest BCUT2D eigenvalue weighted by atomic mass is 9.94. The van der Waals surface area contributed by atoms with Gasteiger partial charge in [-0.2, -0.15) is 0 Å². The van der Waals surface area contributed by atoms with Gasteiger partial charge in [-0.05, 0) is 49.4 Å². The van der Waals surface area contributed by atoms with E-state index in [2.05, 4.69) is 17.5 Å². The first-order chi connectivity index (χ1) is 9.97. The third kappa shape index (κ3) is 4.95. The van der Waals surface area contributed by atoms with Gasteiger partial charge in [0, 0.05) is 12.8 Å². The number of aliphatic hydroxyl groups is 1. The summed E-state index contributed by atoms with van der Waals surface area (Å²) in [5, 5.41) is 13.4. The van der Waals surface area contributed by atoms with Crippen LogP contribution in [0.3, 0.4) is 0 Å². The van der Waals surface area contributed by atoms with E-state index in [1.165, 1.54) is 12.7 Å². The molecule has 5 heteroatoms. The average molecular weight is 309 g/mol. The molecule has 1 aromatic carbocycles. The predicted octanol–water partition coefficient (Wildman–Crippen LogP) is 2.07. The molecule has 0 saturated carbocycles. The second-order valence-corrected chi connectivity index (χ2v) is 7.68. The fourth-order valence-corrected chi connectivity index (χ4v) is 3.15. The van der Waals surface area contributed by atoms with Crippen LogP contribution in [0.15, 0.2) is 41.3 Å². The third-order valence-corrected chi connectivity index (χ3v) is 4.97. The van der Waals surface area contributed by atoms with Crippen molar-refractivity contribution in [3.05, 3.63) is 42.0 Å². The zero-order valence-corrected chi connectivity index (χ0v) is 13.1. The second-order valence-electron chi connectivity index (χ2n) is 5.67. The van der Waals surface area contributed by atoms with Crippen LogP contribution in [0, 0.1) is 5.92 Å². The Balaban J connectivity index is 1.82. The summed E-state index contributed by atoms with van der Waals surface area (Å²) in [6.45, 7) is 1.39. The lowest BCUT2D eigenvalue weighted by molar-refractivity contribution is 0.172. The molecule has 116 valence electrons. The maximum atomic E-state index is 11.4. The molecule has 0 aromatic heterocycles. The summed E-state index contributed by atoms with van der Waals surface area (Å²) < 4.78 is 22.8. The molecule has 4 nitrogen and oxygen atoms in total. The SMILES string of the molecule is CS(=O)(=O)c1ccc(C(O)CNCC2CC=CCC2)cc1. The fourth-order valence-electron chi connectivity index (χ4n) is 2.52. The van der Waals surface area contributed by atoms with Crippen molar-refractivity contribution in [1.82, 2.24) is 5.32 Å². The second kappa shape index (κ2) is 7.20. The minimum Gasteiger partial charge on any atom is -0.387 e. The molecular weight excluding hydrogens is 286 g/mol. The molecule has 0 fully saturated rings. The number of nitrogens with one attached hydrogen (secondary N) is 1. The van der Waals surface area contributed by atoms with E-state index in [4.69, 9.17) is 0 Å². The lowest BCUT2D eigenvalue weighted by Gasteiger charge is -2.19. The molecule has 2 unspecified atom stereocenters. The Kier molecular flexibility index (Phi) is 5.56. The van der Waals surface area contributed by atoms with Crippen LogP contribution < -0.4 is 5.32 Å². The van der Waals surface area contributed by atoms with Crippen LogP contribution in [-0.2, 0) is 9.84 Å². The van der Waals surface area contributed by atoms with E-state index >= 15 is 0 Å². The molecule has 2 N–H and O–H groups in total. The van der Waals surface area contributed by atoms with Gasteiger partial charge in [-0.25, -0.2) is 8.42 Å². The van der Waals surface area contributed by atoms with Gasteiger partial charge in [0.1, 0.15) is 0 Å². The lowest BCUT2D eigenvalue weighted by Crippen LogP contribution is -2.27. The molecule has 2 rings (SSSR count). The average Bonchev–Trinajstić information content (AvgIpc) is 2.47. The highest BCUT2D eigenvalue weighted by Gasteiger charge is 2.13. The molecule has 2 atom stereocenters. The van der Waals surface area contributed by atoms with E-state index in [9.17, 15) is 13.5 Å². The Hall–Kier alpha value is -1.17. The van der Waals surface area contributed by atoms with Crippen molar-refractivity contribution in [3.63, 3.8) is 0 Å². The minimum atomic E-state index is -3.18. The van der Waals surface area contributed by atoms with Gasteiger partial charge in [0.15, 0.2) is 9.84 Å². The van der Waals surface area contributed by atoms with E-state index in [0.717, 1.165) is 24.9 Å². The predicted molar refractivity (Wildman–Crippen MR) is 83.9 cm³/mol. The molecule has 0 saturated heterocycles. The highest BCUT2D eigenvalue weighted by atomic mass is 32.2. The van der Waals surface area contributed by atoms with Crippen LogP contribution in [0.2, 0.25) is 0 Å².